The third-order valence-electron chi connectivity index (χ3n) is 5.89. The normalized spacial score (nSPS) is 19.9. The number of benzene rings is 1. The predicted octanol–water partition coefficient (Wildman–Crippen LogP) is 1.99. The molecule has 1 amide bonds. The first kappa shape index (κ1) is 20.7. The average molecular weight is 430 g/mol. The van der Waals surface area contributed by atoms with Gasteiger partial charge < -0.3 is 10.2 Å². The van der Waals surface area contributed by atoms with Crippen LogP contribution in [0.15, 0.2) is 35.2 Å². The van der Waals surface area contributed by atoms with Crippen molar-refractivity contribution in [2.24, 2.45) is 0 Å². The Morgan fingerprint density at radius 3 is 2.63 bits per heavy atom. The van der Waals surface area contributed by atoms with Crippen LogP contribution in [0.2, 0.25) is 0 Å². The van der Waals surface area contributed by atoms with Crippen LogP contribution in [0, 0.1) is 0 Å². The molecule has 2 aromatic rings. The van der Waals surface area contributed by atoms with Crippen LogP contribution < -0.4 is 5.32 Å². The van der Waals surface area contributed by atoms with Crippen molar-refractivity contribution < 1.29 is 13.2 Å². The van der Waals surface area contributed by atoms with Crippen LogP contribution in [0.5, 0.6) is 0 Å². The molecule has 9 heteroatoms. The van der Waals surface area contributed by atoms with Crippen molar-refractivity contribution >= 4 is 21.7 Å². The summed E-state index contributed by atoms with van der Waals surface area (Å²) in [4.78, 5) is 23.4. The number of rotatable bonds is 4. The van der Waals surface area contributed by atoms with Gasteiger partial charge in [0.2, 0.25) is 15.9 Å². The molecule has 1 atom stereocenters. The minimum Gasteiger partial charge on any atom is -0.373 e. The number of carbonyl (C=O) groups is 1. The van der Waals surface area contributed by atoms with Crippen molar-refractivity contribution in [1.29, 1.82) is 0 Å². The number of fused-ring (bicyclic) bond motifs is 1. The van der Waals surface area contributed by atoms with Gasteiger partial charge in [0.25, 0.3) is 0 Å². The standard InChI is InChI=1S/C21H27N5O3S/c1-15(27)25-12-10-19-18(14-25)21(22-2)24-20(23-19)16-7-6-11-26(13-16)30(28,29)17-8-4-3-5-9-17/h3-5,8-9,16H,6-7,10-14H2,1-2H3,(H,22,23,24). The zero-order chi connectivity index (χ0) is 21.3. The molecule has 1 saturated heterocycles. The first-order valence-electron chi connectivity index (χ1n) is 10.3. The molecule has 2 aliphatic heterocycles. The lowest BCUT2D eigenvalue weighted by Gasteiger charge is -2.33. The highest BCUT2D eigenvalue weighted by atomic mass is 32.2. The fourth-order valence-corrected chi connectivity index (χ4v) is 5.75. The van der Waals surface area contributed by atoms with Gasteiger partial charge in [-0.15, -0.1) is 0 Å². The third-order valence-corrected chi connectivity index (χ3v) is 7.77. The van der Waals surface area contributed by atoms with Gasteiger partial charge in [-0.2, -0.15) is 4.31 Å². The fourth-order valence-electron chi connectivity index (χ4n) is 4.20. The summed E-state index contributed by atoms with van der Waals surface area (Å²) < 4.78 is 27.7. The molecule has 0 aliphatic carbocycles. The van der Waals surface area contributed by atoms with E-state index in [0.717, 1.165) is 29.9 Å². The molecule has 3 heterocycles. The fraction of sp³-hybridized carbons (Fsp3) is 0.476. The van der Waals surface area contributed by atoms with E-state index in [2.05, 4.69) is 5.32 Å². The molecule has 0 spiro atoms. The lowest BCUT2D eigenvalue weighted by atomic mass is 9.97. The molecular weight excluding hydrogens is 402 g/mol. The van der Waals surface area contributed by atoms with E-state index in [1.165, 1.54) is 0 Å². The molecule has 160 valence electrons. The monoisotopic (exact) mass is 429 g/mol. The highest BCUT2D eigenvalue weighted by molar-refractivity contribution is 7.89. The number of hydrogen-bond donors (Lipinski definition) is 1. The van der Waals surface area contributed by atoms with Crippen molar-refractivity contribution in [1.82, 2.24) is 19.2 Å². The number of carbonyl (C=O) groups excluding carboxylic acids is 1. The Morgan fingerprint density at radius 2 is 1.93 bits per heavy atom. The van der Waals surface area contributed by atoms with Gasteiger partial charge in [-0.1, -0.05) is 18.2 Å². The van der Waals surface area contributed by atoms with Crippen molar-refractivity contribution in [3.63, 3.8) is 0 Å². The van der Waals surface area contributed by atoms with Gasteiger partial charge in [0, 0.05) is 51.5 Å². The Bertz CT molecular complexity index is 1020. The summed E-state index contributed by atoms with van der Waals surface area (Å²) in [5, 5.41) is 3.14. The van der Waals surface area contributed by atoms with Gasteiger partial charge in [0.15, 0.2) is 0 Å². The van der Waals surface area contributed by atoms with E-state index in [1.54, 1.807) is 40.4 Å². The van der Waals surface area contributed by atoms with E-state index in [9.17, 15) is 13.2 Å². The largest absolute Gasteiger partial charge is 0.373 e. The van der Waals surface area contributed by atoms with E-state index < -0.39 is 10.0 Å². The number of nitrogens with one attached hydrogen (secondary N) is 1. The van der Waals surface area contributed by atoms with Gasteiger partial charge >= 0.3 is 0 Å². The Balaban J connectivity index is 1.61. The molecule has 2 aliphatic rings. The molecule has 1 unspecified atom stereocenters. The minimum absolute atomic E-state index is 0.0424. The second-order valence-electron chi connectivity index (χ2n) is 7.81. The van der Waals surface area contributed by atoms with Gasteiger partial charge in [0.1, 0.15) is 11.6 Å². The number of sulfonamides is 1. The Hall–Kier alpha value is -2.52. The van der Waals surface area contributed by atoms with Crippen LogP contribution in [-0.4, -0.2) is 60.2 Å². The lowest BCUT2D eigenvalue weighted by molar-refractivity contribution is -0.129. The van der Waals surface area contributed by atoms with E-state index in [4.69, 9.17) is 9.97 Å². The molecule has 4 rings (SSSR count). The van der Waals surface area contributed by atoms with Gasteiger partial charge in [0.05, 0.1) is 17.1 Å². The molecule has 0 bridgehead atoms. The smallest absolute Gasteiger partial charge is 0.243 e. The number of aromatic nitrogens is 2. The van der Waals surface area contributed by atoms with E-state index >= 15 is 0 Å². The van der Waals surface area contributed by atoms with Crippen LogP contribution in [0.1, 0.15) is 42.8 Å². The Morgan fingerprint density at radius 1 is 1.17 bits per heavy atom. The van der Waals surface area contributed by atoms with Crippen molar-refractivity contribution in [2.75, 3.05) is 32.0 Å². The summed E-state index contributed by atoms with van der Waals surface area (Å²) in [5.41, 5.74) is 1.90. The first-order valence-corrected chi connectivity index (χ1v) is 11.7. The molecule has 30 heavy (non-hydrogen) atoms. The first-order chi connectivity index (χ1) is 14.4. The van der Waals surface area contributed by atoms with Gasteiger partial charge in [-0.25, -0.2) is 18.4 Å². The van der Waals surface area contributed by atoms with E-state index in [1.807, 2.05) is 13.1 Å². The third kappa shape index (κ3) is 3.91. The number of nitrogens with zero attached hydrogens (tertiary/aromatic N) is 4. The zero-order valence-corrected chi connectivity index (χ0v) is 18.2. The molecule has 8 nitrogen and oxygen atoms in total. The topological polar surface area (TPSA) is 95.5 Å². The summed E-state index contributed by atoms with van der Waals surface area (Å²) in [6.45, 7) is 3.59. The SMILES string of the molecule is CNc1nc(C2CCCN(S(=O)(=O)c3ccccc3)C2)nc2c1CN(C(C)=O)CC2. The van der Waals surface area contributed by atoms with Crippen LogP contribution in [-0.2, 0) is 27.8 Å². The predicted molar refractivity (Wildman–Crippen MR) is 114 cm³/mol. The van der Waals surface area contributed by atoms with Crippen LogP contribution in [0.3, 0.4) is 0 Å². The van der Waals surface area contributed by atoms with Gasteiger partial charge in [-0.3, -0.25) is 4.79 Å². The second-order valence-corrected chi connectivity index (χ2v) is 9.75. The summed E-state index contributed by atoms with van der Waals surface area (Å²) in [6, 6.07) is 8.56. The molecule has 1 fully saturated rings. The summed E-state index contributed by atoms with van der Waals surface area (Å²) >= 11 is 0. The van der Waals surface area contributed by atoms with Crippen molar-refractivity contribution in [3.8, 4) is 0 Å². The summed E-state index contributed by atoms with van der Waals surface area (Å²) in [6.07, 6.45) is 2.30. The number of piperidine rings is 1. The number of anilines is 1. The van der Waals surface area contributed by atoms with Crippen LogP contribution in [0.4, 0.5) is 5.82 Å². The maximum absolute atomic E-state index is 13.1. The molecule has 1 N–H and O–H groups in total. The van der Waals surface area contributed by atoms with Crippen molar-refractivity contribution in [2.45, 2.75) is 43.5 Å². The maximum Gasteiger partial charge on any atom is 0.243 e. The van der Waals surface area contributed by atoms with Crippen molar-refractivity contribution in [3.05, 3.63) is 47.4 Å². The van der Waals surface area contributed by atoms with Gasteiger partial charge in [-0.05, 0) is 25.0 Å². The number of amides is 1. The van der Waals surface area contributed by atoms with E-state index in [0.29, 0.717) is 43.3 Å². The minimum atomic E-state index is -3.53. The average Bonchev–Trinajstić information content (AvgIpc) is 2.78. The Kier molecular flexibility index (Phi) is 5.75. The van der Waals surface area contributed by atoms with E-state index in [-0.39, 0.29) is 11.8 Å². The molecule has 0 radical (unpaired) electrons. The molecule has 1 aromatic carbocycles. The Labute approximate surface area is 177 Å². The highest BCUT2D eigenvalue weighted by Crippen LogP contribution is 2.31. The summed E-state index contributed by atoms with van der Waals surface area (Å²) in [7, 11) is -1.72. The van der Waals surface area contributed by atoms with Crippen LogP contribution >= 0.6 is 0 Å². The quantitative estimate of drug-likeness (QED) is 0.799. The molecular formula is C21H27N5O3S. The zero-order valence-electron chi connectivity index (χ0n) is 17.3. The summed E-state index contributed by atoms with van der Waals surface area (Å²) in [5.74, 6) is 1.40. The lowest BCUT2D eigenvalue weighted by Crippen LogP contribution is -2.40. The second kappa shape index (κ2) is 8.31. The van der Waals surface area contributed by atoms with Crippen LogP contribution in [0.25, 0.3) is 0 Å². The number of hydrogen-bond acceptors (Lipinski definition) is 6. The molecule has 1 aromatic heterocycles. The molecule has 0 saturated carbocycles. The highest BCUT2D eigenvalue weighted by Gasteiger charge is 2.33. The maximum atomic E-state index is 13.1.